The van der Waals surface area contributed by atoms with Crippen molar-refractivity contribution in [1.29, 1.82) is 0 Å². The Labute approximate surface area is 135 Å². The highest BCUT2D eigenvalue weighted by molar-refractivity contribution is 5.79. The summed E-state index contributed by atoms with van der Waals surface area (Å²) >= 11 is 0. The molecule has 0 spiro atoms. The summed E-state index contributed by atoms with van der Waals surface area (Å²) in [5.74, 6) is 0.382. The maximum absolute atomic E-state index is 12.4. The zero-order chi connectivity index (χ0) is 16.3. The van der Waals surface area contributed by atoms with Crippen molar-refractivity contribution in [2.75, 3.05) is 20.1 Å². The van der Waals surface area contributed by atoms with Gasteiger partial charge < -0.3 is 10.2 Å². The number of carbonyl (C=O) groups is 1. The minimum Gasteiger partial charge on any atom is -0.349 e. The zero-order valence-electron chi connectivity index (χ0n) is 14.6. The monoisotopic (exact) mass is 302 g/mol. The van der Waals surface area contributed by atoms with Crippen LogP contribution in [0.5, 0.6) is 0 Å². The lowest BCUT2D eigenvalue weighted by atomic mass is 9.86. The number of carbonyl (C=O) groups excluding carboxylic acids is 1. The van der Waals surface area contributed by atoms with Crippen molar-refractivity contribution in [3.05, 3.63) is 35.4 Å². The SMILES string of the molecule is CC(NC(=O)C1CCN(C)CC1)c1ccc(C(C)(C)C)cc1. The molecule has 1 aromatic rings. The quantitative estimate of drug-likeness (QED) is 0.927. The first-order valence-electron chi connectivity index (χ1n) is 8.37. The Morgan fingerprint density at radius 3 is 2.23 bits per heavy atom. The molecule has 0 saturated carbocycles. The van der Waals surface area contributed by atoms with Crippen LogP contribution in [0.3, 0.4) is 0 Å². The van der Waals surface area contributed by atoms with E-state index < -0.39 is 0 Å². The Hall–Kier alpha value is -1.35. The molecule has 1 amide bonds. The van der Waals surface area contributed by atoms with Crippen LogP contribution >= 0.6 is 0 Å². The summed E-state index contributed by atoms with van der Waals surface area (Å²) in [6, 6.07) is 8.70. The second kappa shape index (κ2) is 6.82. The van der Waals surface area contributed by atoms with Crippen LogP contribution in [-0.4, -0.2) is 30.9 Å². The van der Waals surface area contributed by atoms with E-state index in [0.717, 1.165) is 25.9 Å². The maximum Gasteiger partial charge on any atom is 0.223 e. The summed E-state index contributed by atoms with van der Waals surface area (Å²) in [4.78, 5) is 14.7. The smallest absolute Gasteiger partial charge is 0.223 e. The van der Waals surface area contributed by atoms with Crippen molar-refractivity contribution < 1.29 is 4.79 Å². The third-order valence-electron chi connectivity index (χ3n) is 4.72. The van der Waals surface area contributed by atoms with E-state index in [1.54, 1.807) is 0 Å². The maximum atomic E-state index is 12.4. The lowest BCUT2D eigenvalue weighted by Crippen LogP contribution is -2.39. The molecule has 0 bridgehead atoms. The third kappa shape index (κ3) is 4.33. The van der Waals surface area contributed by atoms with E-state index in [-0.39, 0.29) is 23.3 Å². The van der Waals surface area contributed by atoms with Crippen LogP contribution in [-0.2, 0) is 10.2 Å². The second-order valence-corrected chi connectivity index (χ2v) is 7.68. The number of hydrogen-bond acceptors (Lipinski definition) is 2. The number of nitrogens with one attached hydrogen (secondary N) is 1. The molecule has 3 heteroatoms. The van der Waals surface area contributed by atoms with Gasteiger partial charge in [-0.2, -0.15) is 0 Å². The van der Waals surface area contributed by atoms with Gasteiger partial charge in [0.25, 0.3) is 0 Å². The normalized spacial score (nSPS) is 19.0. The number of rotatable bonds is 3. The Bertz CT molecular complexity index is 493. The number of benzene rings is 1. The molecular formula is C19H30N2O. The Kier molecular flexibility index (Phi) is 5.28. The first kappa shape index (κ1) is 17.0. The molecule has 0 aliphatic carbocycles. The molecule has 0 radical (unpaired) electrons. The van der Waals surface area contributed by atoms with Crippen LogP contribution in [0.1, 0.15) is 57.7 Å². The van der Waals surface area contributed by atoms with Gasteiger partial charge in [0, 0.05) is 5.92 Å². The van der Waals surface area contributed by atoms with Crippen molar-refractivity contribution in [3.63, 3.8) is 0 Å². The summed E-state index contributed by atoms with van der Waals surface area (Å²) in [5.41, 5.74) is 2.67. The topological polar surface area (TPSA) is 32.3 Å². The summed E-state index contributed by atoms with van der Waals surface area (Å²) in [5, 5.41) is 3.18. The van der Waals surface area contributed by atoms with E-state index in [1.807, 2.05) is 0 Å². The molecule has 1 heterocycles. The first-order valence-corrected chi connectivity index (χ1v) is 8.37. The van der Waals surface area contributed by atoms with E-state index in [2.05, 4.69) is 69.2 Å². The molecule has 1 unspecified atom stereocenters. The molecule has 1 aromatic carbocycles. The van der Waals surface area contributed by atoms with Gasteiger partial charge in [0.2, 0.25) is 5.91 Å². The fourth-order valence-corrected chi connectivity index (χ4v) is 2.96. The fraction of sp³-hybridized carbons (Fsp3) is 0.632. The van der Waals surface area contributed by atoms with Crippen molar-refractivity contribution in [1.82, 2.24) is 10.2 Å². The minimum atomic E-state index is 0.0705. The lowest BCUT2D eigenvalue weighted by molar-refractivity contribution is -0.127. The molecule has 1 aliphatic rings. The van der Waals surface area contributed by atoms with Crippen LogP contribution in [0.4, 0.5) is 0 Å². The van der Waals surface area contributed by atoms with Gasteiger partial charge in [0.1, 0.15) is 0 Å². The van der Waals surface area contributed by atoms with E-state index in [0.29, 0.717) is 0 Å². The molecule has 1 aliphatic heterocycles. The van der Waals surface area contributed by atoms with Gasteiger partial charge >= 0.3 is 0 Å². The number of nitrogens with zero attached hydrogens (tertiary/aromatic N) is 1. The van der Waals surface area contributed by atoms with E-state index in [4.69, 9.17) is 0 Å². The minimum absolute atomic E-state index is 0.0705. The van der Waals surface area contributed by atoms with Gasteiger partial charge in [0.05, 0.1) is 6.04 Å². The summed E-state index contributed by atoms with van der Waals surface area (Å²) in [6.07, 6.45) is 1.94. The molecular weight excluding hydrogens is 272 g/mol. The number of piperidine rings is 1. The molecule has 1 fully saturated rings. The molecule has 0 aromatic heterocycles. The summed E-state index contributed by atoms with van der Waals surface area (Å²) < 4.78 is 0. The second-order valence-electron chi connectivity index (χ2n) is 7.68. The van der Waals surface area contributed by atoms with Crippen LogP contribution in [0.15, 0.2) is 24.3 Å². The summed E-state index contributed by atoms with van der Waals surface area (Å²) in [6.45, 7) is 10.8. The van der Waals surface area contributed by atoms with Gasteiger partial charge in [0.15, 0.2) is 0 Å². The lowest BCUT2D eigenvalue weighted by Gasteiger charge is -2.29. The summed E-state index contributed by atoms with van der Waals surface area (Å²) in [7, 11) is 2.12. The molecule has 122 valence electrons. The highest BCUT2D eigenvalue weighted by atomic mass is 16.1. The highest BCUT2D eigenvalue weighted by Gasteiger charge is 2.24. The van der Waals surface area contributed by atoms with Crippen molar-refractivity contribution in [2.24, 2.45) is 5.92 Å². The molecule has 2 rings (SSSR count). The predicted molar refractivity (Wildman–Crippen MR) is 91.9 cm³/mol. The number of hydrogen-bond donors (Lipinski definition) is 1. The van der Waals surface area contributed by atoms with Gasteiger partial charge in [-0.15, -0.1) is 0 Å². The average Bonchev–Trinajstić information content (AvgIpc) is 2.47. The number of amides is 1. The van der Waals surface area contributed by atoms with E-state index in [9.17, 15) is 4.79 Å². The van der Waals surface area contributed by atoms with Gasteiger partial charge in [-0.3, -0.25) is 4.79 Å². The van der Waals surface area contributed by atoms with Crippen molar-refractivity contribution in [3.8, 4) is 0 Å². The van der Waals surface area contributed by atoms with Crippen LogP contribution in [0.25, 0.3) is 0 Å². The van der Waals surface area contributed by atoms with Crippen LogP contribution < -0.4 is 5.32 Å². The Morgan fingerprint density at radius 1 is 1.18 bits per heavy atom. The number of likely N-dealkylation sites (tertiary alicyclic amines) is 1. The van der Waals surface area contributed by atoms with Gasteiger partial charge in [-0.25, -0.2) is 0 Å². The zero-order valence-corrected chi connectivity index (χ0v) is 14.6. The van der Waals surface area contributed by atoms with E-state index >= 15 is 0 Å². The molecule has 1 saturated heterocycles. The highest BCUT2D eigenvalue weighted by Crippen LogP contribution is 2.24. The largest absolute Gasteiger partial charge is 0.349 e. The fourth-order valence-electron chi connectivity index (χ4n) is 2.96. The molecule has 3 nitrogen and oxygen atoms in total. The Balaban J connectivity index is 1.94. The molecule has 22 heavy (non-hydrogen) atoms. The third-order valence-corrected chi connectivity index (χ3v) is 4.72. The van der Waals surface area contributed by atoms with Crippen molar-refractivity contribution in [2.45, 2.75) is 52.0 Å². The van der Waals surface area contributed by atoms with Crippen molar-refractivity contribution >= 4 is 5.91 Å². The molecule has 1 atom stereocenters. The van der Waals surface area contributed by atoms with Gasteiger partial charge in [-0.1, -0.05) is 45.0 Å². The van der Waals surface area contributed by atoms with E-state index in [1.165, 1.54) is 11.1 Å². The predicted octanol–water partition coefficient (Wildman–Crippen LogP) is 3.50. The van der Waals surface area contributed by atoms with Crippen LogP contribution in [0, 0.1) is 5.92 Å². The van der Waals surface area contributed by atoms with Crippen LogP contribution in [0.2, 0.25) is 0 Å². The van der Waals surface area contributed by atoms with Gasteiger partial charge in [-0.05, 0) is 56.4 Å². The first-order chi connectivity index (χ1) is 10.3. The molecule has 1 N–H and O–H groups in total. The Morgan fingerprint density at radius 2 is 1.73 bits per heavy atom. The standard InChI is InChI=1S/C19H30N2O/c1-14(15-6-8-17(9-7-15)19(2,3)4)20-18(22)16-10-12-21(5)13-11-16/h6-9,14,16H,10-13H2,1-5H3,(H,20,22). The average molecular weight is 302 g/mol.